The fourth-order valence-electron chi connectivity index (χ4n) is 2.04. The maximum Gasteiger partial charge on any atom is 0.0969 e. The third-order valence-electron chi connectivity index (χ3n) is 3.30. The largest absolute Gasteiger partial charge is 0.387 e. The molecule has 0 aromatic heterocycles. The van der Waals surface area contributed by atoms with E-state index in [1.807, 2.05) is 0 Å². The summed E-state index contributed by atoms with van der Waals surface area (Å²) in [5.74, 6) is 1.52. The SMILES string of the molecule is CC(CN=C(N)C1CC1)N1CCCC1. The highest BCUT2D eigenvalue weighted by Gasteiger charge is 2.25. The highest BCUT2D eigenvalue weighted by Crippen LogP contribution is 2.28. The minimum atomic E-state index is 0.579. The highest BCUT2D eigenvalue weighted by atomic mass is 15.2. The molecule has 1 heterocycles. The average molecular weight is 195 g/mol. The Morgan fingerprint density at radius 1 is 1.43 bits per heavy atom. The number of likely N-dealkylation sites (tertiary alicyclic amines) is 1. The topological polar surface area (TPSA) is 41.6 Å². The molecule has 1 aliphatic carbocycles. The molecule has 2 aliphatic rings. The molecule has 0 bridgehead atoms. The van der Waals surface area contributed by atoms with Crippen molar-refractivity contribution in [3.8, 4) is 0 Å². The second kappa shape index (κ2) is 4.30. The van der Waals surface area contributed by atoms with E-state index in [0.29, 0.717) is 12.0 Å². The summed E-state index contributed by atoms with van der Waals surface area (Å²) in [6.07, 6.45) is 5.22. The molecule has 1 unspecified atom stereocenters. The van der Waals surface area contributed by atoms with Gasteiger partial charge in [0.15, 0.2) is 0 Å². The number of hydrogen-bond donors (Lipinski definition) is 1. The van der Waals surface area contributed by atoms with E-state index in [9.17, 15) is 0 Å². The normalized spacial score (nSPS) is 26.8. The van der Waals surface area contributed by atoms with Crippen molar-refractivity contribution >= 4 is 5.84 Å². The van der Waals surface area contributed by atoms with Crippen LogP contribution in [0.25, 0.3) is 0 Å². The number of hydrogen-bond acceptors (Lipinski definition) is 2. The quantitative estimate of drug-likeness (QED) is 0.541. The Kier molecular flexibility index (Phi) is 3.06. The Morgan fingerprint density at radius 2 is 2.07 bits per heavy atom. The van der Waals surface area contributed by atoms with E-state index in [0.717, 1.165) is 12.4 Å². The van der Waals surface area contributed by atoms with Crippen LogP contribution in [0.15, 0.2) is 4.99 Å². The molecule has 0 aromatic rings. The van der Waals surface area contributed by atoms with E-state index in [1.165, 1.54) is 38.8 Å². The minimum absolute atomic E-state index is 0.579. The van der Waals surface area contributed by atoms with Gasteiger partial charge in [-0.3, -0.25) is 9.89 Å². The lowest BCUT2D eigenvalue weighted by Crippen LogP contribution is -2.33. The van der Waals surface area contributed by atoms with Crippen molar-refractivity contribution in [2.75, 3.05) is 19.6 Å². The van der Waals surface area contributed by atoms with Crippen LogP contribution in [-0.4, -0.2) is 36.4 Å². The summed E-state index contributed by atoms with van der Waals surface area (Å²) in [6.45, 7) is 5.65. The molecule has 2 rings (SSSR count). The van der Waals surface area contributed by atoms with Crippen molar-refractivity contribution in [3.63, 3.8) is 0 Å². The van der Waals surface area contributed by atoms with Crippen LogP contribution >= 0.6 is 0 Å². The molecule has 2 fully saturated rings. The van der Waals surface area contributed by atoms with Crippen LogP contribution in [-0.2, 0) is 0 Å². The molecule has 1 aliphatic heterocycles. The molecule has 3 heteroatoms. The van der Waals surface area contributed by atoms with Gasteiger partial charge in [-0.1, -0.05) is 0 Å². The lowest BCUT2D eigenvalue weighted by molar-refractivity contribution is 0.265. The Hall–Kier alpha value is -0.570. The van der Waals surface area contributed by atoms with Crippen LogP contribution in [0.4, 0.5) is 0 Å². The summed E-state index contributed by atoms with van der Waals surface area (Å²) in [6, 6.07) is 0.579. The molecule has 1 saturated carbocycles. The Balaban J connectivity index is 1.75. The van der Waals surface area contributed by atoms with Crippen LogP contribution in [0.5, 0.6) is 0 Å². The van der Waals surface area contributed by atoms with Crippen molar-refractivity contribution in [1.82, 2.24) is 4.90 Å². The lowest BCUT2D eigenvalue weighted by atomic mass is 10.3. The van der Waals surface area contributed by atoms with Crippen molar-refractivity contribution in [3.05, 3.63) is 0 Å². The van der Waals surface area contributed by atoms with Gasteiger partial charge in [-0.25, -0.2) is 0 Å². The zero-order valence-electron chi connectivity index (χ0n) is 9.08. The summed E-state index contributed by atoms with van der Waals surface area (Å²) in [7, 11) is 0. The van der Waals surface area contributed by atoms with Gasteiger partial charge in [0.05, 0.1) is 12.4 Å². The summed E-state index contributed by atoms with van der Waals surface area (Å²) in [5, 5.41) is 0. The molecule has 0 aromatic carbocycles. The fraction of sp³-hybridized carbons (Fsp3) is 0.909. The molecular formula is C11H21N3. The zero-order valence-corrected chi connectivity index (χ0v) is 9.08. The van der Waals surface area contributed by atoms with Crippen molar-refractivity contribution in [1.29, 1.82) is 0 Å². The summed E-state index contributed by atoms with van der Waals surface area (Å²) in [4.78, 5) is 7.00. The van der Waals surface area contributed by atoms with Crippen molar-refractivity contribution in [2.45, 2.75) is 38.6 Å². The van der Waals surface area contributed by atoms with Gasteiger partial charge in [-0.2, -0.15) is 0 Å². The molecule has 0 radical (unpaired) electrons. The number of rotatable bonds is 4. The Morgan fingerprint density at radius 3 is 2.64 bits per heavy atom. The number of nitrogens with zero attached hydrogens (tertiary/aromatic N) is 2. The Labute approximate surface area is 86.4 Å². The second-order valence-electron chi connectivity index (χ2n) is 4.63. The summed E-state index contributed by atoms with van der Waals surface area (Å²) in [5.41, 5.74) is 5.86. The number of amidine groups is 1. The van der Waals surface area contributed by atoms with Gasteiger partial charge in [0.2, 0.25) is 0 Å². The van der Waals surface area contributed by atoms with Crippen LogP contribution in [0.2, 0.25) is 0 Å². The van der Waals surface area contributed by atoms with E-state index >= 15 is 0 Å². The molecule has 80 valence electrons. The second-order valence-corrected chi connectivity index (χ2v) is 4.63. The number of aliphatic imine (C=N–C) groups is 1. The standard InChI is InChI=1S/C11H21N3/c1-9(14-6-2-3-7-14)8-13-11(12)10-4-5-10/h9-10H,2-8H2,1H3,(H2,12,13). The predicted molar refractivity (Wildman–Crippen MR) is 59.5 cm³/mol. The molecular weight excluding hydrogens is 174 g/mol. The highest BCUT2D eigenvalue weighted by molar-refractivity contribution is 5.84. The van der Waals surface area contributed by atoms with Gasteiger partial charge in [-0.05, 0) is 45.7 Å². The van der Waals surface area contributed by atoms with Crippen molar-refractivity contribution < 1.29 is 0 Å². The summed E-state index contributed by atoms with van der Waals surface area (Å²) >= 11 is 0. The van der Waals surface area contributed by atoms with Crippen LogP contribution in [0.3, 0.4) is 0 Å². The van der Waals surface area contributed by atoms with Gasteiger partial charge >= 0.3 is 0 Å². The van der Waals surface area contributed by atoms with Gasteiger partial charge in [0.1, 0.15) is 0 Å². The van der Waals surface area contributed by atoms with Crippen LogP contribution in [0, 0.1) is 5.92 Å². The van der Waals surface area contributed by atoms with Gasteiger partial charge in [0, 0.05) is 12.0 Å². The number of nitrogens with two attached hydrogens (primary N) is 1. The summed E-state index contributed by atoms with van der Waals surface area (Å²) < 4.78 is 0. The third kappa shape index (κ3) is 2.47. The predicted octanol–water partition coefficient (Wildman–Crippen LogP) is 1.24. The van der Waals surface area contributed by atoms with E-state index in [1.54, 1.807) is 0 Å². The fourth-order valence-corrected chi connectivity index (χ4v) is 2.04. The molecule has 0 amide bonds. The van der Waals surface area contributed by atoms with E-state index in [2.05, 4.69) is 16.8 Å². The first kappa shape index (κ1) is 9.97. The molecule has 1 atom stereocenters. The third-order valence-corrected chi connectivity index (χ3v) is 3.30. The van der Waals surface area contributed by atoms with Crippen molar-refractivity contribution in [2.24, 2.45) is 16.6 Å². The van der Waals surface area contributed by atoms with E-state index in [-0.39, 0.29) is 0 Å². The first-order chi connectivity index (χ1) is 6.77. The van der Waals surface area contributed by atoms with Crippen LogP contribution in [0.1, 0.15) is 32.6 Å². The van der Waals surface area contributed by atoms with Gasteiger partial charge < -0.3 is 5.73 Å². The minimum Gasteiger partial charge on any atom is -0.387 e. The molecule has 0 spiro atoms. The van der Waals surface area contributed by atoms with Crippen LogP contribution < -0.4 is 5.73 Å². The molecule has 3 nitrogen and oxygen atoms in total. The van der Waals surface area contributed by atoms with Gasteiger partial charge in [0.25, 0.3) is 0 Å². The average Bonchev–Trinajstić information content (AvgIpc) is 2.90. The monoisotopic (exact) mass is 195 g/mol. The zero-order chi connectivity index (χ0) is 9.97. The Bertz CT molecular complexity index is 215. The van der Waals surface area contributed by atoms with E-state index in [4.69, 9.17) is 5.73 Å². The molecule has 1 saturated heterocycles. The first-order valence-corrected chi connectivity index (χ1v) is 5.81. The smallest absolute Gasteiger partial charge is 0.0969 e. The van der Waals surface area contributed by atoms with E-state index < -0.39 is 0 Å². The van der Waals surface area contributed by atoms with Gasteiger partial charge in [-0.15, -0.1) is 0 Å². The molecule has 14 heavy (non-hydrogen) atoms. The lowest BCUT2D eigenvalue weighted by Gasteiger charge is -2.21. The first-order valence-electron chi connectivity index (χ1n) is 5.81. The maximum absolute atomic E-state index is 5.86. The maximum atomic E-state index is 5.86. The molecule has 2 N–H and O–H groups in total.